The minimum atomic E-state index is -3.69. The first kappa shape index (κ1) is 25.3. The van der Waals surface area contributed by atoms with Crippen LogP contribution in [0.2, 0.25) is 0 Å². The molecule has 9 heteroatoms. The summed E-state index contributed by atoms with van der Waals surface area (Å²) in [5.41, 5.74) is -0.584. The van der Waals surface area contributed by atoms with E-state index < -0.39 is 15.6 Å². The van der Waals surface area contributed by atoms with Gasteiger partial charge in [0.25, 0.3) is 0 Å². The van der Waals surface area contributed by atoms with Crippen LogP contribution in [0.3, 0.4) is 0 Å². The van der Waals surface area contributed by atoms with E-state index in [-0.39, 0.29) is 22.9 Å². The Morgan fingerprint density at radius 2 is 1.84 bits per heavy atom. The molecule has 1 saturated heterocycles. The molecule has 31 heavy (non-hydrogen) atoms. The molecule has 0 spiro atoms. The summed E-state index contributed by atoms with van der Waals surface area (Å²) >= 11 is 0. The van der Waals surface area contributed by atoms with Gasteiger partial charge in [-0.25, -0.2) is 13.2 Å². The van der Waals surface area contributed by atoms with E-state index in [9.17, 15) is 13.2 Å². The molecular formula is C22H36N2O6S. The molecule has 0 aliphatic carbocycles. The van der Waals surface area contributed by atoms with Crippen LogP contribution in [0.25, 0.3) is 0 Å². The van der Waals surface area contributed by atoms with Crippen molar-refractivity contribution in [2.45, 2.75) is 64.0 Å². The van der Waals surface area contributed by atoms with E-state index in [1.807, 2.05) is 34.6 Å². The number of hydrogen-bond acceptors (Lipinski definition) is 6. The highest BCUT2D eigenvalue weighted by Gasteiger charge is 2.34. The number of benzene rings is 1. The zero-order valence-electron chi connectivity index (χ0n) is 19.7. The lowest BCUT2D eigenvalue weighted by molar-refractivity contribution is 0.0138. The number of carbonyl (C=O) groups excluding carboxylic acids is 1. The molecule has 8 nitrogen and oxygen atoms in total. The second-order valence-electron chi connectivity index (χ2n) is 9.11. The molecule has 1 aromatic carbocycles. The summed E-state index contributed by atoms with van der Waals surface area (Å²) < 4.78 is 44.0. The first-order valence-corrected chi connectivity index (χ1v) is 12.0. The molecule has 176 valence electrons. The van der Waals surface area contributed by atoms with Crippen LogP contribution in [-0.4, -0.2) is 69.2 Å². The average Bonchev–Trinajstić information content (AvgIpc) is 2.70. The van der Waals surface area contributed by atoms with Crippen molar-refractivity contribution in [1.29, 1.82) is 0 Å². The van der Waals surface area contributed by atoms with Gasteiger partial charge in [0.1, 0.15) is 5.60 Å². The summed E-state index contributed by atoms with van der Waals surface area (Å²) in [7, 11) is -0.714. The highest BCUT2D eigenvalue weighted by molar-refractivity contribution is 7.89. The van der Waals surface area contributed by atoms with Crippen molar-refractivity contribution < 1.29 is 27.4 Å². The number of piperidine rings is 1. The fraction of sp³-hybridized carbons (Fsp3) is 0.682. The molecule has 1 amide bonds. The topological polar surface area (TPSA) is 85.4 Å². The lowest BCUT2D eigenvalue weighted by atomic mass is 9.98. The Hall–Kier alpha value is -2.00. The molecule has 0 radical (unpaired) electrons. The zero-order valence-corrected chi connectivity index (χ0v) is 20.5. The Kier molecular flexibility index (Phi) is 8.21. The van der Waals surface area contributed by atoms with E-state index in [2.05, 4.69) is 0 Å². The minimum Gasteiger partial charge on any atom is -0.493 e. The first-order chi connectivity index (χ1) is 14.4. The number of amides is 1. The monoisotopic (exact) mass is 456 g/mol. The molecule has 0 aromatic heterocycles. The lowest BCUT2D eigenvalue weighted by Crippen LogP contribution is -2.48. The Morgan fingerprint density at radius 1 is 1.19 bits per heavy atom. The lowest BCUT2D eigenvalue weighted by Gasteiger charge is -2.37. The van der Waals surface area contributed by atoms with Crippen LogP contribution < -0.4 is 9.47 Å². The number of carbonyl (C=O) groups is 1. The Labute approximate surface area is 186 Å². The Bertz CT molecular complexity index is 863. The number of ether oxygens (including phenoxy) is 3. The van der Waals surface area contributed by atoms with Gasteiger partial charge in [-0.15, -0.1) is 0 Å². The van der Waals surface area contributed by atoms with Crippen molar-refractivity contribution in [2.24, 2.45) is 5.92 Å². The molecule has 1 aliphatic heterocycles. The van der Waals surface area contributed by atoms with E-state index in [4.69, 9.17) is 14.2 Å². The summed E-state index contributed by atoms with van der Waals surface area (Å²) in [5.74, 6) is 0.870. The summed E-state index contributed by atoms with van der Waals surface area (Å²) in [6.45, 7) is 10.6. The first-order valence-electron chi connectivity index (χ1n) is 10.6. The van der Waals surface area contributed by atoms with Crippen LogP contribution in [-0.2, 0) is 14.8 Å². The van der Waals surface area contributed by atoms with Gasteiger partial charge in [0.15, 0.2) is 11.5 Å². The van der Waals surface area contributed by atoms with Gasteiger partial charge in [-0.3, -0.25) is 0 Å². The van der Waals surface area contributed by atoms with Crippen molar-refractivity contribution in [1.82, 2.24) is 9.21 Å². The molecule has 0 saturated carbocycles. The predicted molar refractivity (Wildman–Crippen MR) is 119 cm³/mol. The Balaban J connectivity index is 2.17. The van der Waals surface area contributed by atoms with Crippen molar-refractivity contribution in [3.05, 3.63) is 18.2 Å². The van der Waals surface area contributed by atoms with Crippen molar-refractivity contribution in [2.75, 3.05) is 33.9 Å². The van der Waals surface area contributed by atoms with Gasteiger partial charge in [0.05, 0.1) is 19.1 Å². The predicted octanol–water partition coefficient (Wildman–Crippen LogP) is 3.75. The number of rotatable bonds is 7. The fourth-order valence-corrected chi connectivity index (χ4v) is 5.19. The summed E-state index contributed by atoms with van der Waals surface area (Å²) in [6, 6.07) is 4.56. The third-order valence-electron chi connectivity index (χ3n) is 5.18. The quantitative estimate of drug-likeness (QED) is 0.621. The average molecular weight is 457 g/mol. The number of methoxy groups -OCH3 is 2. The van der Waals surface area contributed by atoms with Crippen LogP contribution in [0.5, 0.6) is 11.5 Å². The Morgan fingerprint density at radius 3 is 2.39 bits per heavy atom. The van der Waals surface area contributed by atoms with Gasteiger partial charge in [-0.1, -0.05) is 0 Å². The normalized spacial score (nSPS) is 18.0. The van der Waals surface area contributed by atoms with E-state index >= 15 is 0 Å². The molecule has 2 rings (SSSR count). The van der Waals surface area contributed by atoms with E-state index in [0.717, 1.165) is 12.8 Å². The largest absolute Gasteiger partial charge is 0.493 e. The van der Waals surface area contributed by atoms with E-state index in [0.29, 0.717) is 31.1 Å². The van der Waals surface area contributed by atoms with Gasteiger partial charge in [0, 0.05) is 31.7 Å². The van der Waals surface area contributed by atoms with Crippen LogP contribution in [0, 0.1) is 5.92 Å². The van der Waals surface area contributed by atoms with Crippen LogP contribution in [0.4, 0.5) is 4.79 Å². The maximum Gasteiger partial charge on any atom is 0.410 e. The van der Waals surface area contributed by atoms with Crippen molar-refractivity contribution in [3.63, 3.8) is 0 Å². The smallest absolute Gasteiger partial charge is 0.410 e. The van der Waals surface area contributed by atoms with Gasteiger partial charge in [-0.05, 0) is 65.5 Å². The fourth-order valence-electron chi connectivity index (χ4n) is 3.62. The number of nitrogens with zero attached hydrogens (tertiary/aromatic N) is 2. The molecule has 1 atom stereocenters. The van der Waals surface area contributed by atoms with Crippen molar-refractivity contribution >= 4 is 16.1 Å². The third-order valence-corrected chi connectivity index (χ3v) is 7.04. The number of sulfonamides is 1. The molecule has 1 fully saturated rings. The summed E-state index contributed by atoms with van der Waals surface area (Å²) in [5, 5.41) is 0. The molecule has 1 aromatic rings. The highest BCUT2D eigenvalue weighted by atomic mass is 32.2. The molecule has 0 bridgehead atoms. The van der Waals surface area contributed by atoms with Crippen LogP contribution >= 0.6 is 0 Å². The minimum absolute atomic E-state index is 0.0265. The van der Waals surface area contributed by atoms with Gasteiger partial charge < -0.3 is 19.1 Å². The van der Waals surface area contributed by atoms with Crippen molar-refractivity contribution in [3.8, 4) is 11.5 Å². The van der Waals surface area contributed by atoms with Crippen LogP contribution in [0.1, 0.15) is 47.5 Å². The van der Waals surface area contributed by atoms with Crippen LogP contribution in [0.15, 0.2) is 23.1 Å². The second-order valence-corrected chi connectivity index (χ2v) is 11.1. The molecule has 1 aliphatic rings. The van der Waals surface area contributed by atoms with E-state index in [1.54, 1.807) is 11.0 Å². The second kappa shape index (κ2) is 10.1. The molecule has 1 heterocycles. The molecule has 0 unspecified atom stereocenters. The highest BCUT2D eigenvalue weighted by Crippen LogP contribution is 2.32. The van der Waals surface area contributed by atoms with Gasteiger partial charge >= 0.3 is 6.09 Å². The summed E-state index contributed by atoms with van der Waals surface area (Å²) in [6.07, 6.45) is 1.21. The molecular weight excluding hydrogens is 420 g/mol. The van der Waals surface area contributed by atoms with Gasteiger partial charge in [-0.2, -0.15) is 4.31 Å². The zero-order chi connectivity index (χ0) is 23.4. The standard InChI is InChI=1S/C22H36N2O6S/c1-16(2)24(21(25)30-22(3,4)5)15-17-9-8-12-23(14-17)31(26,27)18-10-11-19(28-6)20(13-18)29-7/h10-11,13,16-17H,8-9,12,14-15H2,1-7H3/t17-/m1/s1. The van der Waals surface area contributed by atoms with E-state index in [1.165, 1.54) is 30.7 Å². The third kappa shape index (κ3) is 6.49. The molecule has 0 N–H and O–H groups in total. The number of hydrogen-bond donors (Lipinski definition) is 0. The maximum absolute atomic E-state index is 13.3. The SMILES string of the molecule is COc1ccc(S(=O)(=O)N2CCC[C@@H](CN(C(=O)OC(C)(C)C)C(C)C)C2)cc1OC. The van der Waals surface area contributed by atoms with Gasteiger partial charge in [0.2, 0.25) is 10.0 Å². The maximum atomic E-state index is 13.3. The summed E-state index contributed by atoms with van der Waals surface area (Å²) in [4.78, 5) is 14.5.